The van der Waals surface area contributed by atoms with Crippen molar-refractivity contribution in [3.05, 3.63) is 35.8 Å². The number of hydrogen-bond donors (Lipinski definition) is 1. The lowest BCUT2D eigenvalue weighted by Gasteiger charge is -2.54. The van der Waals surface area contributed by atoms with Gasteiger partial charge in [0.05, 0.1) is 25.2 Å². The van der Waals surface area contributed by atoms with Gasteiger partial charge in [0, 0.05) is 12.0 Å². The number of allylic oxidation sites excluding steroid dienone is 1. The molecule has 1 fully saturated rings. The van der Waals surface area contributed by atoms with Gasteiger partial charge in [-0.15, -0.1) is 0 Å². The second-order valence-electron chi connectivity index (χ2n) is 8.21. The van der Waals surface area contributed by atoms with Crippen molar-refractivity contribution in [3.8, 4) is 0 Å². The van der Waals surface area contributed by atoms with Crippen molar-refractivity contribution >= 4 is 5.97 Å². The maximum atomic E-state index is 12.0. The summed E-state index contributed by atoms with van der Waals surface area (Å²) in [6, 6.07) is 2.02. The smallest absolute Gasteiger partial charge is 0.333 e. The van der Waals surface area contributed by atoms with E-state index in [4.69, 9.17) is 9.15 Å². The molecule has 1 heterocycles. The first-order valence-corrected chi connectivity index (χ1v) is 9.40. The Kier molecular flexibility index (Phi) is 5.10. The molecule has 1 aromatic heterocycles. The molecule has 0 aromatic carbocycles. The Morgan fingerprint density at radius 3 is 2.92 bits per heavy atom. The highest BCUT2D eigenvalue weighted by Gasteiger charge is 2.54. The molecule has 0 radical (unpaired) electrons. The van der Waals surface area contributed by atoms with Gasteiger partial charge in [-0.25, -0.2) is 4.79 Å². The number of esters is 1. The van der Waals surface area contributed by atoms with Crippen molar-refractivity contribution in [2.24, 2.45) is 17.3 Å². The lowest BCUT2D eigenvalue weighted by atomic mass is 9.52. The first kappa shape index (κ1) is 18.2. The van der Waals surface area contributed by atoms with Crippen LogP contribution in [0.3, 0.4) is 0 Å². The maximum Gasteiger partial charge on any atom is 0.333 e. The quantitative estimate of drug-likeness (QED) is 0.827. The highest BCUT2D eigenvalue weighted by atomic mass is 16.5. The number of methoxy groups -OCH3 is 1. The Morgan fingerprint density at radius 1 is 1.44 bits per heavy atom. The highest BCUT2D eigenvalue weighted by Crippen LogP contribution is 2.56. The maximum absolute atomic E-state index is 12.0. The van der Waals surface area contributed by atoms with Crippen LogP contribution in [0.1, 0.15) is 57.9 Å². The Labute approximate surface area is 150 Å². The summed E-state index contributed by atoms with van der Waals surface area (Å²) in [6.45, 7) is 4.64. The molecule has 0 aliphatic heterocycles. The number of carbonyl (C=O) groups is 1. The summed E-state index contributed by atoms with van der Waals surface area (Å²) in [5, 5.41) is 11.5. The van der Waals surface area contributed by atoms with Crippen molar-refractivity contribution in [1.29, 1.82) is 0 Å². The van der Waals surface area contributed by atoms with Crippen molar-refractivity contribution in [3.63, 3.8) is 0 Å². The van der Waals surface area contributed by atoms with Gasteiger partial charge in [-0.2, -0.15) is 0 Å². The third-order valence-corrected chi connectivity index (χ3v) is 6.90. The zero-order valence-corrected chi connectivity index (χ0v) is 15.6. The molecule has 4 atom stereocenters. The second-order valence-corrected chi connectivity index (χ2v) is 8.21. The predicted molar refractivity (Wildman–Crippen MR) is 95.9 cm³/mol. The van der Waals surface area contributed by atoms with Gasteiger partial charge in [0.15, 0.2) is 0 Å². The molecule has 2 aliphatic carbocycles. The van der Waals surface area contributed by atoms with E-state index in [1.807, 2.05) is 18.4 Å². The van der Waals surface area contributed by atoms with Gasteiger partial charge in [0.25, 0.3) is 0 Å². The lowest BCUT2D eigenvalue weighted by molar-refractivity contribution is -0.144. The van der Waals surface area contributed by atoms with E-state index in [0.29, 0.717) is 17.9 Å². The Hall–Kier alpha value is -1.55. The molecule has 25 heavy (non-hydrogen) atoms. The Bertz CT molecular complexity index is 632. The number of fused-ring (bicyclic) bond motifs is 1. The van der Waals surface area contributed by atoms with E-state index in [-0.39, 0.29) is 17.3 Å². The fourth-order valence-corrected chi connectivity index (χ4v) is 5.12. The SMILES string of the molecule is COC(=O)C1=CCC[C@H]2[C@@](O)(CC[C@@H](C)[C@]2(C)CCc2ccoc2)C1. The molecule has 3 rings (SSSR count). The van der Waals surface area contributed by atoms with Gasteiger partial charge >= 0.3 is 5.97 Å². The highest BCUT2D eigenvalue weighted by molar-refractivity contribution is 5.88. The molecule has 0 amide bonds. The van der Waals surface area contributed by atoms with Crippen LogP contribution in [-0.2, 0) is 16.0 Å². The third kappa shape index (κ3) is 3.41. The average Bonchev–Trinajstić information content (AvgIpc) is 3.05. The second kappa shape index (κ2) is 6.99. The number of rotatable bonds is 4. The van der Waals surface area contributed by atoms with E-state index >= 15 is 0 Å². The van der Waals surface area contributed by atoms with E-state index in [9.17, 15) is 9.90 Å². The molecule has 0 unspecified atom stereocenters. The summed E-state index contributed by atoms with van der Waals surface area (Å²) in [5.41, 5.74) is 1.08. The number of hydrogen-bond acceptors (Lipinski definition) is 4. The van der Waals surface area contributed by atoms with Crippen LogP contribution in [0.4, 0.5) is 0 Å². The van der Waals surface area contributed by atoms with Crippen molar-refractivity contribution in [2.75, 3.05) is 7.11 Å². The molecule has 0 spiro atoms. The molecule has 4 nitrogen and oxygen atoms in total. The molecular weight excluding hydrogens is 316 g/mol. The largest absolute Gasteiger partial charge is 0.472 e. The van der Waals surface area contributed by atoms with Crippen LogP contribution in [0.25, 0.3) is 0 Å². The fraction of sp³-hybridized carbons (Fsp3) is 0.667. The summed E-state index contributed by atoms with van der Waals surface area (Å²) in [6.07, 6.45) is 11.4. The monoisotopic (exact) mass is 346 g/mol. The summed E-state index contributed by atoms with van der Waals surface area (Å²) in [5.74, 6) is 0.436. The van der Waals surface area contributed by atoms with Crippen LogP contribution in [0, 0.1) is 17.3 Å². The lowest BCUT2D eigenvalue weighted by Crippen LogP contribution is -2.53. The van der Waals surface area contributed by atoms with Crippen LogP contribution < -0.4 is 0 Å². The minimum absolute atomic E-state index is 0.0453. The topological polar surface area (TPSA) is 59.7 Å². The molecule has 0 bridgehead atoms. The molecular formula is C21H30O4. The van der Waals surface area contributed by atoms with Crippen LogP contribution in [-0.4, -0.2) is 23.8 Å². The third-order valence-electron chi connectivity index (χ3n) is 6.90. The van der Waals surface area contributed by atoms with Crippen LogP contribution >= 0.6 is 0 Å². The molecule has 4 heteroatoms. The number of ether oxygens (including phenoxy) is 1. The van der Waals surface area contributed by atoms with Gasteiger partial charge in [0.1, 0.15) is 0 Å². The van der Waals surface area contributed by atoms with Gasteiger partial charge in [0.2, 0.25) is 0 Å². The zero-order chi connectivity index (χ0) is 18.1. The van der Waals surface area contributed by atoms with Crippen LogP contribution in [0.5, 0.6) is 0 Å². The summed E-state index contributed by atoms with van der Waals surface area (Å²) in [4.78, 5) is 12.0. The number of carbonyl (C=O) groups excluding carboxylic acids is 1. The summed E-state index contributed by atoms with van der Waals surface area (Å²) in [7, 11) is 1.41. The first-order chi connectivity index (χ1) is 11.9. The van der Waals surface area contributed by atoms with E-state index in [1.54, 1.807) is 6.26 Å². The molecule has 1 N–H and O–H groups in total. The van der Waals surface area contributed by atoms with E-state index in [0.717, 1.165) is 38.5 Å². The molecule has 0 saturated heterocycles. The van der Waals surface area contributed by atoms with Crippen molar-refractivity contribution < 1.29 is 19.1 Å². The minimum atomic E-state index is -0.811. The summed E-state index contributed by atoms with van der Waals surface area (Å²) >= 11 is 0. The molecule has 2 aliphatic rings. The minimum Gasteiger partial charge on any atom is -0.472 e. The predicted octanol–water partition coefficient (Wildman–Crippen LogP) is 4.28. The van der Waals surface area contributed by atoms with Gasteiger partial charge in [-0.05, 0) is 67.4 Å². The van der Waals surface area contributed by atoms with Crippen LogP contribution in [0.15, 0.2) is 34.7 Å². The molecule has 1 aromatic rings. The number of aryl methyl sites for hydroxylation is 1. The fourth-order valence-electron chi connectivity index (χ4n) is 5.12. The zero-order valence-electron chi connectivity index (χ0n) is 15.6. The number of aliphatic hydroxyl groups is 1. The first-order valence-electron chi connectivity index (χ1n) is 9.40. The van der Waals surface area contributed by atoms with Gasteiger partial charge in [-0.3, -0.25) is 0 Å². The van der Waals surface area contributed by atoms with E-state index in [2.05, 4.69) is 13.8 Å². The van der Waals surface area contributed by atoms with E-state index < -0.39 is 5.60 Å². The van der Waals surface area contributed by atoms with Gasteiger partial charge < -0.3 is 14.3 Å². The van der Waals surface area contributed by atoms with Crippen molar-refractivity contribution in [1.82, 2.24) is 0 Å². The normalized spacial score (nSPS) is 35.4. The number of furan rings is 1. The standard InChI is InChI=1S/C21H30O4/c1-15-7-11-21(23)13-17(19(22)24-3)5-4-6-18(21)20(15,2)10-8-16-9-12-25-14-16/h5,9,12,14-15,18,23H,4,6-8,10-11,13H2,1-3H3/t15-,18-,20+,21-/m1/s1. The molecule has 138 valence electrons. The Balaban J connectivity index is 1.83. The van der Waals surface area contributed by atoms with E-state index in [1.165, 1.54) is 12.7 Å². The summed E-state index contributed by atoms with van der Waals surface area (Å²) < 4.78 is 10.1. The Morgan fingerprint density at radius 2 is 2.24 bits per heavy atom. The molecule has 1 saturated carbocycles. The van der Waals surface area contributed by atoms with Gasteiger partial charge in [-0.1, -0.05) is 19.9 Å². The van der Waals surface area contributed by atoms with Crippen LogP contribution in [0.2, 0.25) is 0 Å². The average molecular weight is 346 g/mol. The van der Waals surface area contributed by atoms with Crippen molar-refractivity contribution in [2.45, 2.75) is 64.4 Å².